The molecule has 1 aliphatic heterocycles. The molecule has 1 saturated heterocycles. The molecule has 1 amide bonds. The predicted molar refractivity (Wildman–Crippen MR) is 116 cm³/mol. The fourth-order valence-electron chi connectivity index (χ4n) is 3.36. The Bertz CT molecular complexity index is 1180. The first-order chi connectivity index (χ1) is 15.0. The van der Waals surface area contributed by atoms with Crippen molar-refractivity contribution in [3.8, 4) is 0 Å². The van der Waals surface area contributed by atoms with Crippen LogP contribution in [0.15, 0.2) is 57.9 Å². The smallest absolute Gasteiger partial charge is 0.337 e. The standard InChI is InChI=1S/C23H21ClN2O5/c1-29-23(28)14-4-7-17(8-5-14)26-22-19(21(27)25-13-18-3-2-10-30-18)12-15-11-16(24)6-9-20(15)31-22/h4-9,11-12,18H,2-3,10,13H2,1H3,(H,25,27)/t18-/m1/s1. The lowest BCUT2D eigenvalue weighted by Gasteiger charge is -2.11. The Morgan fingerprint density at radius 1 is 1.19 bits per heavy atom. The third kappa shape index (κ3) is 4.95. The lowest BCUT2D eigenvalue weighted by molar-refractivity contribution is 0.0600. The first-order valence-electron chi connectivity index (χ1n) is 9.90. The molecular formula is C23H21ClN2O5. The maximum absolute atomic E-state index is 12.9. The summed E-state index contributed by atoms with van der Waals surface area (Å²) in [6.45, 7) is 1.13. The third-order valence-electron chi connectivity index (χ3n) is 4.99. The highest BCUT2D eigenvalue weighted by Gasteiger charge is 2.18. The number of benzene rings is 2. The average molecular weight is 441 g/mol. The van der Waals surface area contributed by atoms with Gasteiger partial charge in [0.15, 0.2) is 0 Å². The number of nitrogens with one attached hydrogen (secondary N) is 1. The summed E-state index contributed by atoms with van der Waals surface area (Å²) in [4.78, 5) is 29.1. The quantitative estimate of drug-likeness (QED) is 0.605. The Hall–Kier alpha value is -3.16. The van der Waals surface area contributed by atoms with E-state index in [1.54, 1.807) is 48.5 Å². The lowest BCUT2D eigenvalue weighted by Crippen LogP contribution is -2.34. The Morgan fingerprint density at radius 2 is 2.00 bits per heavy atom. The zero-order chi connectivity index (χ0) is 21.8. The van der Waals surface area contributed by atoms with E-state index in [2.05, 4.69) is 10.3 Å². The number of hydrogen-bond acceptors (Lipinski definition) is 6. The van der Waals surface area contributed by atoms with E-state index in [-0.39, 0.29) is 23.1 Å². The van der Waals surface area contributed by atoms with E-state index in [9.17, 15) is 9.59 Å². The second-order valence-corrected chi connectivity index (χ2v) is 7.58. The zero-order valence-corrected chi connectivity index (χ0v) is 17.6. The molecule has 1 N–H and O–H groups in total. The number of fused-ring (bicyclic) bond motifs is 1. The Morgan fingerprint density at radius 3 is 2.71 bits per heavy atom. The van der Waals surface area contributed by atoms with Gasteiger partial charge < -0.3 is 19.2 Å². The van der Waals surface area contributed by atoms with Crippen molar-refractivity contribution < 1.29 is 23.5 Å². The van der Waals surface area contributed by atoms with Crippen molar-refractivity contribution in [2.75, 3.05) is 20.3 Å². The van der Waals surface area contributed by atoms with E-state index >= 15 is 0 Å². The number of carbonyl (C=O) groups is 2. The first-order valence-corrected chi connectivity index (χ1v) is 10.3. The summed E-state index contributed by atoms with van der Waals surface area (Å²) >= 11 is 6.10. The molecule has 1 atom stereocenters. The molecule has 1 aliphatic rings. The molecule has 2 heterocycles. The molecule has 3 aromatic rings. The number of nitrogens with zero attached hydrogens (tertiary/aromatic N) is 1. The number of hydrogen-bond donors (Lipinski definition) is 1. The second kappa shape index (κ2) is 9.32. The monoisotopic (exact) mass is 440 g/mol. The summed E-state index contributed by atoms with van der Waals surface area (Å²) < 4.78 is 16.2. The topological polar surface area (TPSA) is 90.1 Å². The summed E-state index contributed by atoms with van der Waals surface area (Å²) in [5.41, 5.74) is 1.92. The van der Waals surface area contributed by atoms with Gasteiger partial charge in [-0.05, 0) is 61.4 Å². The molecule has 0 saturated carbocycles. The molecule has 8 heteroatoms. The van der Waals surface area contributed by atoms with E-state index in [0.29, 0.717) is 40.4 Å². The minimum atomic E-state index is -0.437. The van der Waals surface area contributed by atoms with Crippen molar-refractivity contribution in [2.45, 2.75) is 18.9 Å². The van der Waals surface area contributed by atoms with Gasteiger partial charge in [0, 0.05) is 23.6 Å². The summed E-state index contributed by atoms with van der Waals surface area (Å²) in [6.07, 6.45) is 1.93. The van der Waals surface area contributed by atoms with Gasteiger partial charge in [0.2, 0.25) is 5.55 Å². The number of ether oxygens (including phenoxy) is 2. The van der Waals surface area contributed by atoms with Gasteiger partial charge in [0.1, 0.15) is 11.1 Å². The Labute approximate surface area is 183 Å². The SMILES string of the molecule is COC(=O)c1ccc(N=c2oc3ccc(Cl)cc3cc2C(=O)NC[C@H]2CCCO2)cc1. The third-order valence-corrected chi connectivity index (χ3v) is 5.22. The maximum atomic E-state index is 12.9. The number of esters is 1. The van der Waals surface area contributed by atoms with Gasteiger partial charge in [-0.3, -0.25) is 4.79 Å². The maximum Gasteiger partial charge on any atom is 0.337 e. The van der Waals surface area contributed by atoms with Crippen LogP contribution in [0, 0.1) is 0 Å². The fourth-order valence-corrected chi connectivity index (χ4v) is 3.54. The van der Waals surface area contributed by atoms with Crippen LogP contribution in [0.4, 0.5) is 5.69 Å². The van der Waals surface area contributed by atoms with Crippen LogP contribution in [0.2, 0.25) is 5.02 Å². The predicted octanol–water partition coefficient (Wildman–Crippen LogP) is 4.01. The van der Waals surface area contributed by atoms with E-state index in [4.69, 9.17) is 25.5 Å². The van der Waals surface area contributed by atoms with Crippen molar-refractivity contribution in [1.29, 1.82) is 0 Å². The van der Waals surface area contributed by atoms with Crippen LogP contribution in [0.5, 0.6) is 0 Å². The van der Waals surface area contributed by atoms with Gasteiger partial charge in [-0.1, -0.05) is 11.6 Å². The minimum absolute atomic E-state index is 0.0158. The number of carbonyl (C=O) groups excluding carboxylic acids is 2. The normalized spacial score (nSPS) is 16.5. The van der Waals surface area contributed by atoms with Crippen LogP contribution in [0.3, 0.4) is 0 Å². The second-order valence-electron chi connectivity index (χ2n) is 7.14. The van der Waals surface area contributed by atoms with Crippen LogP contribution in [-0.4, -0.2) is 38.2 Å². The zero-order valence-electron chi connectivity index (χ0n) is 16.9. The van der Waals surface area contributed by atoms with Gasteiger partial charge in [0.25, 0.3) is 5.91 Å². The van der Waals surface area contributed by atoms with Gasteiger partial charge in [-0.25, -0.2) is 9.79 Å². The number of amides is 1. The molecule has 0 spiro atoms. The summed E-state index contributed by atoms with van der Waals surface area (Å²) in [5, 5.41) is 4.13. The summed E-state index contributed by atoms with van der Waals surface area (Å²) in [5.74, 6) is -0.751. The number of halogens is 1. The molecule has 4 rings (SSSR count). The number of rotatable bonds is 5. The summed E-state index contributed by atoms with van der Waals surface area (Å²) in [6, 6.07) is 13.4. The van der Waals surface area contributed by atoms with Crippen LogP contribution >= 0.6 is 11.6 Å². The van der Waals surface area contributed by atoms with Crippen molar-refractivity contribution in [2.24, 2.45) is 4.99 Å². The van der Waals surface area contributed by atoms with E-state index in [0.717, 1.165) is 12.8 Å². The fraction of sp³-hybridized carbons (Fsp3) is 0.261. The lowest BCUT2D eigenvalue weighted by atomic mass is 10.1. The first kappa shape index (κ1) is 21.1. The Kier molecular flexibility index (Phi) is 6.34. The molecule has 0 unspecified atom stereocenters. The van der Waals surface area contributed by atoms with Crippen LogP contribution in [0.25, 0.3) is 11.0 Å². The van der Waals surface area contributed by atoms with Gasteiger partial charge in [-0.2, -0.15) is 0 Å². The molecular weight excluding hydrogens is 420 g/mol. The number of methoxy groups -OCH3 is 1. The largest absolute Gasteiger partial charge is 0.465 e. The van der Waals surface area contributed by atoms with Crippen molar-refractivity contribution in [3.05, 3.63) is 70.2 Å². The van der Waals surface area contributed by atoms with E-state index < -0.39 is 5.97 Å². The molecule has 31 heavy (non-hydrogen) atoms. The molecule has 160 valence electrons. The van der Waals surface area contributed by atoms with E-state index in [1.165, 1.54) is 7.11 Å². The molecule has 2 aromatic carbocycles. The Balaban J connectivity index is 1.72. The van der Waals surface area contributed by atoms with Crippen LogP contribution in [0.1, 0.15) is 33.6 Å². The van der Waals surface area contributed by atoms with Crippen LogP contribution in [-0.2, 0) is 9.47 Å². The van der Waals surface area contributed by atoms with Gasteiger partial charge in [0.05, 0.1) is 24.5 Å². The summed E-state index contributed by atoms with van der Waals surface area (Å²) in [7, 11) is 1.32. The van der Waals surface area contributed by atoms with Gasteiger partial charge >= 0.3 is 5.97 Å². The van der Waals surface area contributed by atoms with E-state index in [1.807, 2.05) is 0 Å². The highest BCUT2D eigenvalue weighted by atomic mass is 35.5. The highest BCUT2D eigenvalue weighted by Crippen LogP contribution is 2.20. The van der Waals surface area contributed by atoms with Crippen LogP contribution < -0.4 is 10.9 Å². The highest BCUT2D eigenvalue weighted by molar-refractivity contribution is 6.31. The minimum Gasteiger partial charge on any atom is -0.465 e. The van der Waals surface area contributed by atoms with Crippen molar-refractivity contribution in [1.82, 2.24) is 5.32 Å². The average Bonchev–Trinajstić information content (AvgIpc) is 3.31. The molecule has 1 aromatic heterocycles. The molecule has 0 radical (unpaired) electrons. The molecule has 0 aliphatic carbocycles. The molecule has 1 fully saturated rings. The molecule has 0 bridgehead atoms. The van der Waals surface area contributed by atoms with Gasteiger partial charge in [-0.15, -0.1) is 0 Å². The molecule has 7 nitrogen and oxygen atoms in total. The van der Waals surface area contributed by atoms with Crippen molar-refractivity contribution >= 4 is 40.1 Å². The van der Waals surface area contributed by atoms with Crippen molar-refractivity contribution in [3.63, 3.8) is 0 Å².